The summed E-state index contributed by atoms with van der Waals surface area (Å²) >= 11 is 0. The molecule has 0 spiro atoms. The van der Waals surface area contributed by atoms with Gasteiger partial charge in [0.15, 0.2) is 0 Å². The van der Waals surface area contributed by atoms with Crippen molar-refractivity contribution in [1.82, 2.24) is 5.32 Å². The summed E-state index contributed by atoms with van der Waals surface area (Å²) < 4.78 is 5.82. The molecule has 0 aliphatic rings. The van der Waals surface area contributed by atoms with Crippen LogP contribution in [0.3, 0.4) is 0 Å². The van der Waals surface area contributed by atoms with Gasteiger partial charge in [-0.2, -0.15) is 0 Å². The molecule has 0 fully saturated rings. The number of hydrogen-bond donors (Lipinski definition) is 2. The normalized spacial score (nSPS) is 12.7. The van der Waals surface area contributed by atoms with Crippen LogP contribution >= 0.6 is 0 Å². The highest BCUT2D eigenvalue weighted by Gasteiger charge is 2.27. The summed E-state index contributed by atoms with van der Waals surface area (Å²) in [5.41, 5.74) is 0. The van der Waals surface area contributed by atoms with Crippen molar-refractivity contribution in [3.8, 4) is 0 Å². The second-order valence-corrected chi connectivity index (χ2v) is 11.1. The molecule has 1 amide bonds. The van der Waals surface area contributed by atoms with Crippen molar-refractivity contribution in [3.05, 3.63) is 0 Å². The maximum atomic E-state index is 12.9. The van der Waals surface area contributed by atoms with E-state index in [0.717, 1.165) is 70.6 Å². The Labute approximate surface area is 234 Å². The summed E-state index contributed by atoms with van der Waals surface area (Å²) in [4.78, 5) is 36.8. The van der Waals surface area contributed by atoms with Crippen LogP contribution in [0.1, 0.15) is 175 Å². The van der Waals surface area contributed by atoms with E-state index in [0.29, 0.717) is 6.42 Å². The molecule has 0 aliphatic heterocycles. The number of hydrogen-bond acceptors (Lipinski definition) is 4. The van der Waals surface area contributed by atoms with Gasteiger partial charge in [0.2, 0.25) is 5.91 Å². The zero-order valence-electron chi connectivity index (χ0n) is 25.2. The fraction of sp³-hybridized carbons (Fsp3) is 0.906. The van der Waals surface area contributed by atoms with Crippen molar-refractivity contribution in [2.75, 3.05) is 0 Å². The first kappa shape index (κ1) is 36.4. The van der Waals surface area contributed by atoms with Gasteiger partial charge in [0.25, 0.3) is 0 Å². The molecule has 0 aliphatic carbocycles. The van der Waals surface area contributed by atoms with Crippen LogP contribution in [-0.4, -0.2) is 35.1 Å². The average molecular weight is 540 g/mol. The number of carbonyl (C=O) groups is 3. The molecule has 0 bridgehead atoms. The lowest BCUT2D eigenvalue weighted by molar-refractivity contribution is -0.156. The number of rotatable bonds is 28. The Morgan fingerprint density at radius 2 is 1.00 bits per heavy atom. The number of ether oxygens (including phenoxy) is 1. The van der Waals surface area contributed by atoms with Crippen LogP contribution in [0.2, 0.25) is 0 Å². The SMILES string of the molecule is CCCCCCCCCCCC(=O)N[C@@H](CC(=O)O)C(=O)OC(CCCCCC)CCCCCCCCC. The molecule has 1 unspecified atom stereocenters. The standard InChI is InChI=1S/C32H61NO5/c1-4-7-10-13-15-16-18-20-23-26-30(34)33-29(27-31(35)36)32(37)38-28(24-21-12-9-6-3)25-22-19-17-14-11-8-5-2/h28-29H,4-27H2,1-3H3,(H,33,34)(H,35,36)/t28?,29-/m0/s1. The van der Waals surface area contributed by atoms with Gasteiger partial charge in [-0.3, -0.25) is 9.59 Å². The minimum atomic E-state index is -1.12. The highest BCUT2D eigenvalue weighted by Crippen LogP contribution is 2.18. The number of carboxylic acids is 1. The van der Waals surface area contributed by atoms with E-state index in [9.17, 15) is 19.5 Å². The van der Waals surface area contributed by atoms with E-state index >= 15 is 0 Å². The zero-order chi connectivity index (χ0) is 28.3. The van der Waals surface area contributed by atoms with Crippen LogP contribution in [0.5, 0.6) is 0 Å². The fourth-order valence-corrected chi connectivity index (χ4v) is 4.87. The van der Waals surface area contributed by atoms with Gasteiger partial charge in [-0.05, 0) is 32.1 Å². The van der Waals surface area contributed by atoms with Crippen LogP contribution in [0.25, 0.3) is 0 Å². The van der Waals surface area contributed by atoms with Crippen molar-refractivity contribution in [2.45, 2.75) is 187 Å². The van der Waals surface area contributed by atoms with Crippen molar-refractivity contribution in [1.29, 1.82) is 0 Å². The van der Waals surface area contributed by atoms with Gasteiger partial charge in [-0.1, -0.05) is 130 Å². The Morgan fingerprint density at radius 1 is 0.605 bits per heavy atom. The number of aliphatic carboxylic acids is 1. The van der Waals surface area contributed by atoms with Gasteiger partial charge in [-0.25, -0.2) is 4.79 Å². The lowest BCUT2D eigenvalue weighted by atomic mass is 10.0. The summed E-state index contributed by atoms with van der Waals surface area (Å²) in [5, 5.41) is 12.0. The van der Waals surface area contributed by atoms with Gasteiger partial charge in [0.1, 0.15) is 12.1 Å². The molecule has 0 aromatic carbocycles. The molecule has 6 nitrogen and oxygen atoms in total. The highest BCUT2D eigenvalue weighted by atomic mass is 16.5. The maximum Gasteiger partial charge on any atom is 0.329 e. The third-order valence-electron chi connectivity index (χ3n) is 7.30. The van der Waals surface area contributed by atoms with Crippen molar-refractivity contribution in [2.24, 2.45) is 0 Å². The molecule has 0 saturated heterocycles. The largest absolute Gasteiger partial charge is 0.481 e. The van der Waals surface area contributed by atoms with Crippen LogP contribution in [0, 0.1) is 0 Å². The molecule has 6 heteroatoms. The van der Waals surface area contributed by atoms with Crippen molar-refractivity contribution >= 4 is 17.8 Å². The quantitative estimate of drug-likeness (QED) is 0.0765. The Morgan fingerprint density at radius 3 is 1.45 bits per heavy atom. The molecule has 2 N–H and O–H groups in total. The third kappa shape index (κ3) is 23.5. The fourth-order valence-electron chi connectivity index (χ4n) is 4.87. The number of esters is 1. The van der Waals surface area contributed by atoms with E-state index in [1.807, 2.05) is 0 Å². The van der Waals surface area contributed by atoms with E-state index in [1.165, 1.54) is 70.6 Å². The summed E-state index contributed by atoms with van der Waals surface area (Å²) in [6.07, 6.45) is 24.5. The molecule has 0 heterocycles. The first-order chi connectivity index (χ1) is 18.4. The monoisotopic (exact) mass is 539 g/mol. The first-order valence-corrected chi connectivity index (χ1v) is 16.2. The number of nitrogens with one attached hydrogen (secondary N) is 1. The number of unbranched alkanes of at least 4 members (excludes halogenated alkanes) is 17. The summed E-state index contributed by atoms with van der Waals surface area (Å²) in [5.74, 6) is -1.97. The van der Waals surface area contributed by atoms with E-state index < -0.39 is 24.4 Å². The molecule has 0 saturated carbocycles. The van der Waals surface area contributed by atoms with Crippen LogP contribution in [-0.2, 0) is 19.1 Å². The molecule has 0 radical (unpaired) electrons. The van der Waals surface area contributed by atoms with E-state index in [-0.39, 0.29) is 12.0 Å². The third-order valence-corrected chi connectivity index (χ3v) is 7.30. The second kappa shape index (κ2) is 27.0. The average Bonchev–Trinajstić information content (AvgIpc) is 2.88. The predicted octanol–water partition coefficient (Wildman–Crippen LogP) is 8.89. The molecule has 0 rings (SSSR count). The maximum absolute atomic E-state index is 12.9. The molecule has 0 aromatic rings. The summed E-state index contributed by atoms with van der Waals surface area (Å²) in [6, 6.07) is -1.12. The number of carbonyl (C=O) groups excluding carboxylic acids is 2. The minimum Gasteiger partial charge on any atom is -0.481 e. The Balaban J connectivity index is 4.58. The second-order valence-electron chi connectivity index (χ2n) is 11.1. The van der Waals surface area contributed by atoms with Crippen LogP contribution in [0.4, 0.5) is 0 Å². The van der Waals surface area contributed by atoms with Crippen molar-refractivity contribution in [3.63, 3.8) is 0 Å². The van der Waals surface area contributed by atoms with E-state index in [1.54, 1.807) is 0 Å². The first-order valence-electron chi connectivity index (χ1n) is 16.2. The summed E-state index contributed by atoms with van der Waals surface area (Å²) in [6.45, 7) is 6.61. The predicted molar refractivity (Wildman–Crippen MR) is 157 cm³/mol. The Bertz CT molecular complexity index is 580. The number of amides is 1. The smallest absolute Gasteiger partial charge is 0.329 e. The van der Waals surface area contributed by atoms with E-state index in [2.05, 4.69) is 26.1 Å². The van der Waals surface area contributed by atoms with Gasteiger partial charge in [0, 0.05) is 6.42 Å². The Kier molecular flexibility index (Phi) is 25.9. The lowest BCUT2D eigenvalue weighted by Gasteiger charge is -2.22. The van der Waals surface area contributed by atoms with Crippen molar-refractivity contribution < 1.29 is 24.2 Å². The molecule has 0 aromatic heterocycles. The highest BCUT2D eigenvalue weighted by molar-refractivity contribution is 5.87. The van der Waals surface area contributed by atoms with Gasteiger partial charge in [0.05, 0.1) is 6.42 Å². The molecule has 2 atom stereocenters. The summed E-state index contributed by atoms with van der Waals surface area (Å²) in [7, 11) is 0. The molecular formula is C32H61NO5. The van der Waals surface area contributed by atoms with Crippen LogP contribution < -0.4 is 5.32 Å². The number of carboxylic acid groups (broad SMARTS) is 1. The molecule has 224 valence electrons. The molecule has 38 heavy (non-hydrogen) atoms. The van der Waals surface area contributed by atoms with E-state index in [4.69, 9.17) is 4.74 Å². The van der Waals surface area contributed by atoms with Gasteiger partial charge < -0.3 is 15.2 Å². The topological polar surface area (TPSA) is 92.7 Å². The van der Waals surface area contributed by atoms with Gasteiger partial charge in [-0.15, -0.1) is 0 Å². The van der Waals surface area contributed by atoms with Crippen LogP contribution in [0.15, 0.2) is 0 Å². The lowest BCUT2D eigenvalue weighted by Crippen LogP contribution is -2.44. The van der Waals surface area contributed by atoms with Gasteiger partial charge >= 0.3 is 11.9 Å². The zero-order valence-corrected chi connectivity index (χ0v) is 25.2. The minimum absolute atomic E-state index is 0.208. The molecular weight excluding hydrogens is 478 g/mol. The Hall–Kier alpha value is -1.59.